The fraction of sp³-hybridized carbons (Fsp3) is 0.493. The molecule has 0 saturated carbocycles. The quantitative estimate of drug-likeness (QED) is 0.0428. The lowest BCUT2D eigenvalue weighted by atomic mass is 9.98. The zero-order chi connectivity index (χ0) is 54.4. The van der Waals surface area contributed by atoms with Gasteiger partial charge in [-0.15, -0.1) is 0 Å². The molecular weight excluding hydrogens is 960 g/mol. The molecule has 7 rings (SSSR count). The molecule has 0 bridgehead atoms. The van der Waals surface area contributed by atoms with Gasteiger partial charge < -0.3 is 19.6 Å². The van der Waals surface area contributed by atoms with E-state index in [0.717, 1.165) is 100 Å². The molecule has 0 aliphatic carbocycles. The van der Waals surface area contributed by atoms with E-state index in [2.05, 4.69) is 85.4 Å². The standard InChI is InChI=1S/C36H45ClN2O2.C31H44N2O2/c1-4-5-6-7-28-8-14-32(15-9-28)36(41)39(34-21-24-38(25-22-34)23-20-27(2)3)26-29-10-12-30(13-11-29)35(40)31-16-18-33(37)19-17-31;1-5-6-7-8-26-9-15-29(16-10-26)31(35)33(23-27-11-13-28(14-12-27)25(4)34)30-18-21-32(22-19-30)20-17-24(2)3/h8-19,27,34H,4-7,20-26H2,1-3H3;9-16,24,30H,5-8,17-23H2,1-4H3. The molecule has 5 aromatic carbocycles. The topological polar surface area (TPSA) is 81.2 Å². The number of Topliss-reactive ketones (excluding diaryl/α,β-unsaturated/α-hetero) is 1. The van der Waals surface area contributed by atoms with Crippen molar-refractivity contribution in [1.82, 2.24) is 19.6 Å². The Balaban J connectivity index is 0.000000250. The maximum absolute atomic E-state index is 14.0. The second kappa shape index (κ2) is 31.1. The SMILES string of the molecule is CCCCCc1ccc(C(=O)N(Cc2ccc(C(=O)c3ccc(Cl)cc3)cc2)C2CCN(CCC(C)C)CC2)cc1.CCCCCc1ccc(C(=O)N(Cc2ccc(C(C)=O)cc2)C2CCN(CCC(C)C)CC2)cc1. The molecule has 0 atom stereocenters. The summed E-state index contributed by atoms with van der Waals surface area (Å²) in [5.74, 6) is 1.65. The van der Waals surface area contributed by atoms with Crippen LogP contribution in [-0.2, 0) is 25.9 Å². The fourth-order valence-electron chi connectivity index (χ4n) is 10.4. The van der Waals surface area contributed by atoms with Gasteiger partial charge in [-0.25, -0.2) is 0 Å². The molecule has 2 amide bonds. The molecule has 8 nitrogen and oxygen atoms in total. The van der Waals surface area contributed by atoms with Crippen molar-refractivity contribution in [2.75, 3.05) is 39.3 Å². The number of unbranched alkanes of at least 4 members (excludes halogenated alkanes) is 4. The molecule has 5 aromatic rings. The first-order chi connectivity index (χ1) is 36.7. The van der Waals surface area contributed by atoms with E-state index in [4.69, 9.17) is 11.6 Å². The third-order valence-corrected chi connectivity index (χ3v) is 15.7. The predicted molar refractivity (Wildman–Crippen MR) is 315 cm³/mol. The molecule has 76 heavy (non-hydrogen) atoms. The number of carbonyl (C=O) groups excluding carboxylic acids is 4. The maximum Gasteiger partial charge on any atom is 0.254 e. The molecule has 2 aliphatic rings. The monoisotopic (exact) mass is 1050 g/mol. The van der Waals surface area contributed by atoms with Gasteiger partial charge in [-0.05, 0) is 167 Å². The van der Waals surface area contributed by atoms with Crippen LogP contribution in [0.15, 0.2) is 121 Å². The van der Waals surface area contributed by atoms with E-state index in [0.29, 0.717) is 46.6 Å². The molecular formula is C67H89ClN4O4. The zero-order valence-corrected chi connectivity index (χ0v) is 48.0. The molecule has 2 saturated heterocycles. The van der Waals surface area contributed by atoms with Gasteiger partial charge in [0.05, 0.1) is 0 Å². The minimum absolute atomic E-state index is 0.0334. The molecule has 2 fully saturated rings. The van der Waals surface area contributed by atoms with E-state index < -0.39 is 0 Å². The number of likely N-dealkylation sites (tertiary alicyclic amines) is 2. The number of aryl methyl sites for hydroxylation is 2. The number of rotatable bonds is 25. The third kappa shape index (κ3) is 19.0. The Morgan fingerprint density at radius 1 is 0.474 bits per heavy atom. The first-order valence-electron chi connectivity index (χ1n) is 28.9. The third-order valence-electron chi connectivity index (χ3n) is 15.5. The predicted octanol–water partition coefficient (Wildman–Crippen LogP) is 15.2. The molecule has 0 radical (unpaired) electrons. The van der Waals surface area contributed by atoms with E-state index in [1.165, 1.54) is 62.5 Å². The molecule has 0 N–H and O–H groups in total. The van der Waals surface area contributed by atoms with Crippen molar-refractivity contribution in [1.29, 1.82) is 0 Å². The molecule has 0 unspecified atom stereocenters. The second-order valence-electron chi connectivity index (χ2n) is 22.5. The average molecular weight is 1050 g/mol. The number of nitrogens with zero attached hydrogens (tertiary/aromatic N) is 4. The Bertz CT molecular complexity index is 2520. The van der Waals surface area contributed by atoms with Crippen molar-refractivity contribution in [3.05, 3.63) is 176 Å². The van der Waals surface area contributed by atoms with Crippen molar-refractivity contribution < 1.29 is 19.2 Å². The van der Waals surface area contributed by atoms with Crippen LogP contribution < -0.4 is 0 Å². The van der Waals surface area contributed by atoms with Crippen LogP contribution in [-0.4, -0.2) is 94.3 Å². The number of hydrogen-bond donors (Lipinski definition) is 0. The van der Waals surface area contributed by atoms with Gasteiger partial charge in [0.1, 0.15) is 0 Å². The van der Waals surface area contributed by atoms with Gasteiger partial charge >= 0.3 is 0 Å². The first-order valence-corrected chi connectivity index (χ1v) is 29.3. The van der Waals surface area contributed by atoms with E-state index in [1.807, 2.05) is 72.8 Å². The van der Waals surface area contributed by atoms with Crippen molar-refractivity contribution >= 4 is 35.0 Å². The highest BCUT2D eigenvalue weighted by atomic mass is 35.5. The fourth-order valence-corrected chi connectivity index (χ4v) is 10.5. The van der Waals surface area contributed by atoms with E-state index in [9.17, 15) is 19.2 Å². The highest BCUT2D eigenvalue weighted by Crippen LogP contribution is 2.26. The Hall–Kier alpha value is -5.41. The normalized spacial score (nSPS) is 14.6. The van der Waals surface area contributed by atoms with Crippen molar-refractivity contribution in [2.45, 2.75) is 164 Å². The minimum Gasteiger partial charge on any atom is -0.331 e. The van der Waals surface area contributed by atoms with Gasteiger partial charge in [-0.2, -0.15) is 0 Å². The lowest BCUT2D eigenvalue weighted by Crippen LogP contribution is -2.47. The van der Waals surface area contributed by atoms with Crippen LogP contribution in [0.25, 0.3) is 0 Å². The number of piperidine rings is 2. The van der Waals surface area contributed by atoms with Gasteiger partial charge in [0.25, 0.3) is 11.8 Å². The van der Waals surface area contributed by atoms with Crippen LogP contribution >= 0.6 is 11.6 Å². The van der Waals surface area contributed by atoms with Gasteiger partial charge in [0.2, 0.25) is 0 Å². The van der Waals surface area contributed by atoms with Gasteiger partial charge in [-0.3, -0.25) is 19.2 Å². The molecule has 9 heteroatoms. The Labute approximate surface area is 462 Å². The van der Waals surface area contributed by atoms with Crippen LogP contribution in [0, 0.1) is 11.8 Å². The summed E-state index contributed by atoms with van der Waals surface area (Å²) in [5.41, 5.74) is 8.18. The smallest absolute Gasteiger partial charge is 0.254 e. The van der Waals surface area contributed by atoms with Crippen molar-refractivity contribution in [3.63, 3.8) is 0 Å². The summed E-state index contributed by atoms with van der Waals surface area (Å²) in [7, 11) is 0. The van der Waals surface area contributed by atoms with Gasteiger partial charge in [-0.1, -0.05) is 152 Å². The summed E-state index contributed by atoms with van der Waals surface area (Å²) < 4.78 is 0. The van der Waals surface area contributed by atoms with E-state index >= 15 is 0 Å². The highest BCUT2D eigenvalue weighted by molar-refractivity contribution is 6.30. The lowest BCUT2D eigenvalue weighted by Gasteiger charge is -2.39. The lowest BCUT2D eigenvalue weighted by molar-refractivity contribution is 0.0539. The second-order valence-corrected chi connectivity index (χ2v) is 22.9. The number of benzene rings is 5. The summed E-state index contributed by atoms with van der Waals surface area (Å²) in [6.07, 6.45) is 15.8. The van der Waals surface area contributed by atoms with Crippen LogP contribution in [0.5, 0.6) is 0 Å². The molecule has 2 heterocycles. The van der Waals surface area contributed by atoms with Crippen LogP contribution in [0.1, 0.15) is 195 Å². The number of hydrogen-bond acceptors (Lipinski definition) is 6. The summed E-state index contributed by atoms with van der Waals surface area (Å²) in [6.45, 7) is 22.6. The maximum atomic E-state index is 14.0. The van der Waals surface area contributed by atoms with Gasteiger partial charge in [0, 0.05) is 84.2 Å². The summed E-state index contributed by atoms with van der Waals surface area (Å²) in [6, 6.07) is 39.3. The molecule has 0 aromatic heterocycles. The number of amides is 2. The number of carbonyl (C=O) groups is 4. The van der Waals surface area contributed by atoms with Crippen LogP contribution in [0.4, 0.5) is 0 Å². The first kappa shape index (κ1) is 59.8. The number of halogens is 1. The Kier molecular flexibility index (Phi) is 24.5. The molecule has 2 aliphatic heterocycles. The largest absolute Gasteiger partial charge is 0.331 e. The molecule has 0 spiro atoms. The molecule has 408 valence electrons. The van der Waals surface area contributed by atoms with Crippen molar-refractivity contribution in [2.24, 2.45) is 11.8 Å². The van der Waals surface area contributed by atoms with E-state index in [-0.39, 0.29) is 35.5 Å². The van der Waals surface area contributed by atoms with Gasteiger partial charge in [0.15, 0.2) is 11.6 Å². The highest BCUT2D eigenvalue weighted by Gasteiger charge is 2.31. The van der Waals surface area contributed by atoms with Crippen LogP contribution in [0.2, 0.25) is 5.02 Å². The Morgan fingerprint density at radius 3 is 1.14 bits per heavy atom. The average Bonchev–Trinajstić information content (AvgIpc) is 3.43. The summed E-state index contributed by atoms with van der Waals surface area (Å²) >= 11 is 5.99. The van der Waals surface area contributed by atoms with Crippen molar-refractivity contribution in [3.8, 4) is 0 Å². The summed E-state index contributed by atoms with van der Waals surface area (Å²) in [5, 5.41) is 0.610. The van der Waals surface area contributed by atoms with Crippen LogP contribution in [0.3, 0.4) is 0 Å². The van der Waals surface area contributed by atoms with E-state index in [1.54, 1.807) is 31.2 Å². The summed E-state index contributed by atoms with van der Waals surface area (Å²) in [4.78, 5) is 61.6. The minimum atomic E-state index is -0.0334. The number of ketones is 2. The zero-order valence-electron chi connectivity index (χ0n) is 47.2. The Morgan fingerprint density at radius 2 is 0.803 bits per heavy atom.